The Morgan fingerprint density at radius 2 is 2.00 bits per heavy atom. The largest absolute Gasteiger partial charge is 0.385 e. The van der Waals surface area contributed by atoms with Gasteiger partial charge < -0.3 is 15.4 Å². The van der Waals surface area contributed by atoms with Crippen molar-refractivity contribution in [2.45, 2.75) is 13.0 Å². The molecule has 0 bridgehead atoms. The number of nitrogens with zero attached hydrogens (tertiary/aromatic N) is 1. The van der Waals surface area contributed by atoms with Gasteiger partial charge in [-0.25, -0.2) is 4.39 Å². The molecule has 0 spiro atoms. The van der Waals surface area contributed by atoms with E-state index in [0.717, 1.165) is 31.1 Å². The first-order valence-electron chi connectivity index (χ1n) is 5.94. The fourth-order valence-corrected chi connectivity index (χ4v) is 1.43. The summed E-state index contributed by atoms with van der Waals surface area (Å²) in [7, 11) is 3.40. The molecule has 5 heteroatoms. The highest BCUT2D eigenvalue weighted by molar-refractivity contribution is 5.79. The molecule has 0 saturated heterocycles. The van der Waals surface area contributed by atoms with E-state index < -0.39 is 0 Å². The summed E-state index contributed by atoms with van der Waals surface area (Å²) in [5.41, 5.74) is 1.01. The number of hydrogen-bond donors (Lipinski definition) is 2. The third-order valence-corrected chi connectivity index (χ3v) is 2.41. The maximum Gasteiger partial charge on any atom is 0.191 e. The fraction of sp³-hybridized carbons (Fsp3) is 0.462. The Balaban J connectivity index is 2.29. The van der Waals surface area contributed by atoms with E-state index in [1.54, 1.807) is 26.3 Å². The molecule has 0 aliphatic heterocycles. The SMILES string of the molecule is CN=C(NCCCOC)NCc1ccc(F)cc1. The van der Waals surface area contributed by atoms with Crippen molar-refractivity contribution in [3.05, 3.63) is 35.6 Å². The van der Waals surface area contributed by atoms with Gasteiger partial charge in [0.1, 0.15) is 5.82 Å². The van der Waals surface area contributed by atoms with Crippen molar-refractivity contribution in [2.24, 2.45) is 4.99 Å². The molecule has 0 fully saturated rings. The van der Waals surface area contributed by atoms with Crippen molar-refractivity contribution in [2.75, 3.05) is 27.3 Å². The summed E-state index contributed by atoms with van der Waals surface area (Å²) in [5, 5.41) is 6.33. The molecule has 2 N–H and O–H groups in total. The molecule has 0 unspecified atom stereocenters. The molecule has 1 aromatic carbocycles. The van der Waals surface area contributed by atoms with Crippen LogP contribution in [-0.2, 0) is 11.3 Å². The summed E-state index contributed by atoms with van der Waals surface area (Å²) in [5.74, 6) is 0.510. The molecule has 0 amide bonds. The van der Waals surface area contributed by atoms with E-state index in [9.17, 15) is 4.39 Å². The molecule has 0 aliphatic carbocycles. The van der Waals surface area contributed by atoms with Crippen LogP contribution in [0.5, 0.6) is 0 Å². The Morgan fingerprint density at radius 3 is 2.61 bits per heavy atom. The lowest BCUT2D eigenvalue weighted by Crippen LogP contribution is -2.37. The minimum Gasteiger partial charge on any atom is -0.385 e. The molecular formula is C13H20FN3O. The number of benzene rings is 1. The second-order valence-electron chi connectivity index (χ2n) is 3.83. The summed E-state index contributed by atoms with van der Waals surface area (Å²) in [6, 6.07) is 6.40. The van der Waals surface area contributed by atoms with Crippen LogP contribution in [0.25, 0.3) is 0 Å². The van der Waals surface area contributed by atoms with E-state index in [0.29, 0.717) is 6.54 Å². The molecule has 0 atom stereocenters. The van der Waals surface area contributed by atoms with Crippen molar-refractivity contribution in [3.8, 4) is 0 Å². The first-order valence-corrected chi connectivity index (χ1v) is 5.94. The molecule has 0 aliphatic rings. The van der Waals surface area contributed by atoms with Crippen LogP contribution < -0.4 is 10.6 Å². The van der Waals surface area contributed by atoms with Gasteiger partial charge in [0, 0.05) is 33.9 Å². The zero-order chi connectivity index (χ0) is 13.2. The van der Waals surface area contributed by atoms with Gasteiger partial charge in [0.15, 0.2) is 5.96 Å². The van der Waals surface area contributed by atoms with Gasteiger partial charge in [-0.3, -0.25) is 4.99 Å². The van der Waals surface area contributed by atoms with Crippen LogP contribution in [0.1, 0.15) is 12.0 Å². The van der Waals surface area contributed by atoms with Crippen LogP contribution in [0.2, 0.25) is 0 Å². The van der Waals surface area contributed by atoms with Gasteiger partial charge in [-0.2, -0.15) is 0 Å². The van der Waals surface area contributed by atoms with Crippen LogP contribution in [0.4, 0.5) is 4.39 Å². The second-order valence-corrected chi connectivity index (χ2v) is 3.83. The van der Waals surface area contributed by atoms with Crippen LogP contribution >= 0.6 is 0 Å². The highest BCUT2D eigenvalue weighted by atomic mass is 19.1. The minimum absolute atomic E-state index is 0.221. The number of guanidine groups is 1. The molecule has 100 valence electrons. The van der Waals surface area contributed by atoms with E-state index in [2.05, 4.69) is 15.6 Å². The van der Waals surface area contributed by atoms with Crippen LogP contribution in [0.15, 0.2) is 29.3 Å². The van der Waals surface area contributed by atoms with E-state index in [-0.39, 0.29) is 5.82 Å². The normalized spacial score (nSPS) is 11.4. The van der Waals surface area contributed by atoms with E-state index >= 15 is 0 Å². The van der Waals surface area contributed by atoms with Gasteiger partial charge in [-0.05, 0) is 24.1 Å². The number of ether oxygens (including phenoxy) is 1. The minimum atomic E-state index is -0.221. The van der Waals surface area contributed by atoms with Crippen LogP contribution in [0.3, 0.4) is 0 Å². The summed E-state index contributed by atoms with van der Waals surface area (Å²) >= 11 is 0. The van der Waals surface area contributed by atoms with E-state index in [4.69, 9.17) is 4.74 Å². The number of halogens is 1. The Morgan fingerprint density at radius 1 is 1.28 bits per heavy atom. The van der Waals surface area contributed by atoms with Crippen molar-refractivity contribution < 1.29 is 9.13 Å². The average molecular weight is 253 g/mol. The molecule has 1 rings (SSSR count). The highest BCUT2D eigenvalue weighted by Gasteiger charge is 1.98. The van der Waals surface area contributed by atoms with Crippen LogP contribution in [0, 0.1) is 5.82 Å². The van der Waals surface area contributed by atoms with E-state index in [1.165, 1.54) is 12.1 Å². The molecular weight excluding hydrogens is 233 g/mol. The summed E-state index contributed by atoms with van der Waals surface area (Å²) in [6.45, 7) is 2.14. The fourth-order valence-electron chi connectivity index (χ4n) is 1.43. The first kappa shape index (κ1) is 14.4. The highest BCUT2D eigenvalue weighted by Crippen LogP contribution is 2.01. The number of methoxy groups -OCH3 is 1. The van der Waals surface area contributed by atoms with Crippen molar-refractivity contribution in [3.63, 3.8) is 0 Å². The van der Waals surface area contributed by atoms with Gasteiger partial charge in [0.2, 0.25) is 0 Å². The van der Waals surface area contributed by atoms with E-state index in [1.807, 2.05) is 0 Å². The molecule has 0 saturated carbocycles. The topological polar surface area (TPSA) is 45.7 Å². The predicted molar refractivity (Wildman–Crippen MR) is 71.1 cm³/mol. The molecule has 0 heterocycles. The lowest BCUT2D eigenvalue weighted by Gasteiger charge is -2.11. The maximum atomic E-state index is 12.7. The van der Waals surface area contributed by atoms with Gasteiger partial charge >= 0.3 is 0 Å². The number of nitrogens with one attached hydrogen (secondary N) is 2. The molecule has 18 heavy (non-hydrogen) atoms. The Bertz CT molecular complexity index is 365. The zero-order valence-electron chi connectivity index (χ0n) is 10.9. The third-order valence-electron chi connectivity index (χ3n) is 2.41. The summed E-state index contributed by atoms with van der Waals surface area (Å²) in [4.78, 5) is 4.10. The average Bonchev–Trinajstić information content (AvgIpc) is 2.40. The monoisotopic (exact) mass is 253 g/mol. The molecule has 1 aromatic rings. The van der Waals surface area contributed by atoms with Gasteiger partial charge in [0.25, 0.3) is 0 Å². The lowest BCUT2D eigenvalue weighted by atomic mass is 10.2. The Labute approximate surface area is 107 Å². The number of rotatable bonds is 6. The van der Waals surface area contributed by atoms with Crippen molar-refractivity contribution in [1.82, 2.24) is 10.6 Å². The first-order chi connectivity index (χ1) is 8.76. The molecule has 0 aromatic heterocycles. The summed E-state index contributed by atoms with van der Waals surface area (Å²) < 4.78 is 17.7. The second kappa shape index (κ2) is 8.47. The van der Waals surface area contributed by atoms with Crippen molar-refractivity contribution >= 4 is 5.96 Å². The number of aliphatic imine (C=N–C) groups is 1. The molecule has 0 radical (unpaired) electrons. The summed E-state index contributed by atoms with van der Waals surface area (Å²) in [6.07, 6.45) is 0.924. The van der Waals surface area contributed by atoms with Gasteiger partial charge in [-0.1, -0.05) is 12.1 Å². The predicted octanol–water partition coefficient (Wildman–Crippen LogP) is 1.53. The van der Waals surface area contributed by atoms with Gasteiger partial charge in [0.05, 0.1) is 0 Å². The Hall–Kier alpha value is -1.62. The standard InChI is InChI=1S/C13H20FN3O/c1-15-13(16-8-3-9-18-2)17-10-11-4-6-12(14)7-5-11/h4-7H,3,8-10H2,1-2H3,(H2,15,16,17). The number of hydrogen-bond acceptors (Lipinski definition) is 2. The maximum absolute atomic E-state index is 12.7. The quantitative estimate of drug-likeness (QED) is 0.459. The van der Waals surface area contributed by atoms with Gasteiger partial charge in [-0.15, -0.1) is 0 Å². The Kier molecular flexibility index (Phi) is 6.79. The van der Waals surface area contributed by atoms with Crippen molar-refractivity contribution in [1.29, 1.82) is 0 Å². The zero-order valence-corrected chi connectivity index (χ0v) is 10.9. The lowest BCUT2D eigenvalue weighted by molar-refractivity contribution is 0.195. The smallest absolute Gasteiger partial charge is 0.191 e. The van der Waals surface area contributed by atoms with Crippen LogP contribution in [-0.4, -0.2) is 33.3 Å². The third kappa shape index (κ3) is 5.63. The molecule has 4 nitrogen and oxygen atoms in total.